The zero-order valence-electron chi connectivity index (χ0n) is 24.2. The van der Waals surface area contributed by atoms with Crippen LogP contribution in [0, 0.1) is 13.8 Å². The molecule has 2 atom stereocenters. The monoisotopic (exact) mass is 593 g/mol. The Kier molecular flexibility index (Phi) is 8.41. The van der Waals surface area contributed by atoms with Crippen LogP contribution in [0.15, 0.2) is 71.8 Å². The Balaban J connectivity index is 1.55. The third kappa shape index (κ3) is 5.79. The summed E-state index contributed by atoms with van der Waals surface area (Å²) in [6.45, 7) is 5.75. The van der Waals surface area contributed by atoms with Gasteiger partial charge in [0, 0.05) is 49.4 Å². The zero-order chi connectivity index (χ0) is 30.2. The highest BCUT2D eigenvalue weighted by Gasteiger charge is 2.29. The molecule has 2 heterocycles. The molecule has 1 aliphatic rings. The Labute approximate surface area is 246 Å². The second kappa shape index (κ2) is 11.9. The maximum Gasteiger partial charge on any atom is 0.335 e. The van der Waals surface area contributed by atoms with Crippen molar-refractivity contribution in [3.05, 3.63) is 94.7 Å². The Morgan fingerprint density at radius 3 is 2.40 bits per heavy atom. The summed E-state index contributed by atoms with van der Waals surface area (Å²) in [5, 5.41) is 10.1. The van der Waals surface area contributed by atoms with Crippen LogP contribution in [0.25, 0.3) is 10.9 Å². The second-order valence-corrected chi connectivity index (χ2v) is 12.9. The van der Waals surface area contributed by atoms with Crippen LogP contribution >= 0.6 is 0 Å². The van der Waals surface area contributed by atoms with Gasteiger partial charge in [0.05, 0.1) is 23.1 Å². The first-order chi connectivity index (χ1) is 20.0. The first-order valence-corrected chi connectivity index (χ1v) is 15.3. The normalized spacial score (nSPS) is 16.8. The highest BCUT2D eigenvalue weighted by atomic mass is 32.2. The number of methoxy groups -OCH3 is 1. The van der Waals surface area contributed by atoms with Crippen LogP contribution in [-0.2, 0) is 16.6 Å². The first kappa shape index (κ1) is 29.8. The predicted octanol–water partition coefficient (Wildman–Crippen LogP) is 5.42. The molecule has 0 saturated carbocycles. The van der Waals surface area contributed by atoms with Gasteiger partial charge in [0.25, 0.3) is 10.0 Å². The average molecular weight is 594 g/mol. The summed E-state index contributed by atoms with van der Waals surface area (Å²) in [6.07, 6.45) is 1.21. The third-order valence-electron chi connectivity index (χ3n) is 8.12. The summed E-state index contributed by atoms with van der Waals surface area (Å²) in [4.78, 5) is 15.9. The lowest BCUT2D eigenvalue weighted by Crippen LogP contribution is -2.35. The second-order valence-electron chi connectivity index (χ2n) is 11.1. The molecule has 0 aliphatic carbocycles. The van der Waals surface area contributed by atoms with Crippen LogP contribution in [0.5, 0.6) is 5.75 Å². The van der Waals surface area contributed by atoms with Gasteiger partial charge in [-0.3, -0.25) is 9.80 Å². The van der Waals surface area contributed by atoms with Gasteiger partial charge in [0.15, 0.2) is 0 Å². The number of carboxylic acids is 1. The van der Waals surface area contributed by atoms with Crippen molar-refractivity contribution in [2.45, 2.75) is 43.9 Å². The molecule has 1 aromatic heterocycles. The number of aromatic nitrogens is 1. The van der Waals surface area contributed by atoms with E-state index in [2.05, 4.69) is 9.80 Å². The van der Waals surface area contributed by atoms with Gasteiger partial charge in [-0.2, -0.15) is 0 Å². The molecular weight excluding hydrogens is 557 g/mol. The fourth-order valence-corrected chi connectivity index (χ4v) is 7.21. The van der Waals surface area contributed by atoms with Crippen molar-refractivity contribution in [2.75, 3.05) is 33.8 Å². The maximum atomic E-state index is 14.1. The molecule has 0 radical (unpaired) electrons. The number of hydrogen-bond acceptors (Lipinski definition) is 6. The minimum atomic E-state index is -3.85. The molecule has 1 saturated heterocycles. The van der Waals surface area contributed by atoms with Crippen molar-refractivity contribution >= 4 is 26.9 Å². The largest absolute Gasteiger partial charge is 0.496 e. The summed E-state index contributed by atoms with van der Waals surface area (Å²) >= 11 is 0. The number of benzene rings is 3. The molecule has 5 rings (SSSR count). The molecule has 1 aliphatic heterocycles. The Morgan fingerprint density at radius 2 is 1.81 bits per heavy atom. The number of aryl methyl sites for hydroxylation is 2. The summed E-state index contributed by atoms with van der Waals surface area (Å²) < 4.78 is 48.6. The molecule has 10 heteroatoms. The van der Waals surface area contributed by atoms with Crippen molar-refractivity contribution < 1.29 is 27.4 Å². The van der Waals surface area contributed by atoms with Crippen LogP contribution in [0.1, 0.15) is 45.1 Å². The standard InChI is InChI=1S/C32H36FN3O5S/c1-21-5-11-26(12-6-21)42(39,40)36-16-14-27-28(30(41-4)17-22(2)31(27)36)19-34(3)29(20-35-15-13-25(33)18-35)23-7-9-24(10-8-23)32(37)38/h5-12,14,16-17,25,29H,13,15,18-20H2,1-4H3,(H,37,38)/t25-,29?/m1/s1. The summed E-state index contributed by atoms with van der Waals surface area (Å²) in [7, 11) is -0.288. The topological polar surface area (TPSA) is 92.1 Å². The Bertz CT molecular complexity index is 1700. The number of likely N-dealkylation sites (tertiary alicyclic amines) is 1. The van der Waals surface area contributed by atoms with E-state index in [0.717, 1.165) is 27.6 Å². The van der Waals surface area contributed by atoms with Crippen molar-refractivity contribution in [3.8, 4) is 5.75 Å². The summed E-state index contributed by atoms with van der Waals surface area (Å²) in [5.74, 6) is -0.356. The Morgan fingerprint density at radius 1 is 1.12 bits per heavy atom. The van der Waals surface area contributed by atoms with Gasteiger partial charge in [-0.15, -0.1) is 0 Å². The van der Waals surface area contributed by atoms with Gasteiger partial charge in [-0.05, 0) is 74.8 Å². The minimum Gasteiger partial charge on any atom is -0.496 e. The molecule has 0 bridgehead atoms. The fourth-order valence-electron chi connectivity index (χ4n) is 5.80. The number of nitrogens with zero attached hydrogens (tertiary/aromatic N) is 3. The molecule has 8 nitrogen and oxygen atoms in total. The number of carboxylic acid groups (broad SMARTS) is 1. The molecule has 4 aromatic rings. The highest BCUT2D eigenvalue weighted by Crippen LogP contribution is 2.36. The lowest BCUT2D eigenvalue weighted by molar-refractivity contribution is 0.0696. The molecule has 222 valence electrons. The van der Waals surface area contributed by atoms with Gasteiger partial charge < -0.3 is 9.84 Å². The molecular formula is C32H36FN3O5S. The first-order valence-electron chi connectivity index (χ1n) is 13.9. The van der Waals surface area contributed by atoms with E-state index < -0.39 is 22.2 Å². The molecule has 0 amide bonds. The van der Waals surface area contributed by atoms with Crippen molar-refractivity contribution in [1.29, 1.82) is 0 Å². The maximum absolute atomic E-state index is 14.1. The zero-order valence-corrected chi connectivity index (χ0v) is 25.1. The van der Waals surface area contributed by atoms with Crippen molar-refractivity contribution in [3.63, 3.8) is 0 Å². The van der Waals surface area contributed by atoms with Gasteiger partial charge in [0.2, 0.25) is 0 Å². The lowest BCUT2D eigenvalue weighted by Gasteiger charge is -2.32. The summed E-state index contributed by atoms with van der Waals surface area (Å²) in [5.41, 5.74) is 4.26. The number of halogens is 1. The Hall–Kier alpha value is -3.73. The van der Waals surface area contributed by atoms with E-state index in [4.69, 9.17) is 4.74 Å². The lowest BCUT2D eigenvalue weighted by atomic mass is 10.0. The number of carbonyl (C=O) groups is 1. The van der Waals surface area contributed by atoms with Crippen molar-refractivity contribution in [2.24, 2.45) is 0 Å². The number of aromatic carboxylic acids is 1. The van der Waals surface area contributed by atoms with Crippen LogP contribution in [0.4, 0.5) is 4.39 Å². The molecule has 0 spiro atoms. The van der Waals surface area contributed by atoms with E-state index in [0.29, 0.717) is 43.9 Å². The van der Waals surface area contributed by atoms with Gasteiger partial charge >= 0.3 is 5.97 Å². The number of hydrogen-bond donors (Lipinski definition) is 1. The number of ether oxygens (including phenoxy) is 1. The van der Waals surface area contributed by atoms with Crippen LogP contribution in [0.2, 0.25) is 0 Å². The minimum absolute atomic E-state index is 0.183. The van der Waals surface area contributed by atoms with E-state index in [1.165, 1.54) is 3.97 Å². The molecule has 1 N–H and O–H groups in total. The van der Waals surface area contributed by atoms with Crippen LogP contribution < -0.4 is 4.74 Å². The smallest absolute Gasteiger partial charge is 0.335 e. The van der Waals surface area contributed by atoms with E-state index in [-0.39, 0.29) is 16.5 Å². The van der Waals surface area contributed by atoms with Gasteiger partial charge in [-0.1, -0.05) is 29.8 Å². The number of likely N-dealkylation sites (N-methyl/N-ethyl adjacent to an activating group) is 1. The van der Waals surface area contributed by atoms with E-state index in [9.17, 15) is 22.7 Å². The van der Waals surface area contributed by atoms with Crippen LogP contribution in [0.3, 0.4) is 0 Å². The van der Waals surface area contributed by atoms with E-state index in [1.54, 1.807) is 61.8 Å². The number of alkyl halides is 1. The number of fused-ring (bicyclic) bond motifs is 1. The molecule has 1 fully saturated rings. The number of rotatable bonds is 10. The quantitative estimate of drug-likeness (QED) is 0.263. The fraction of sp³-hybridized carbons (Fsp3) is 0.344. The molecule has 42 heavy (non-hydrogen) atoms. The third-order valence-corrected chi connectivity index (χ3v) is 9.81. The van der Waals surface area contributed by atoms with E-state index in [1.807, 2.05) is 33.0 Å². The molecule has 1 unspecified atom stereocenters. The molecule has 3 aromatic carbocycles. The predicted molar refractivity (Wildman–Crippen MR) is 161 cm³/mol. The SMILES string of the molecule is COc1cc(C)c2c(ccn2S(=O)(=O)c2ccc(C)cc2)c1CN(C)C(CN1CC[C@@H](F)C1)c1ccc(C(=O)O)cc1. The van der Waals surface area contributed by atoms with Gasteiger partial charge in [0.1, 0.15) is 11.9 Å². The van der Waals surface area contributed by atoms with Crippen molar-refractivity contribution in [1.82, 2.24) is 13.8 Å². The highest BCUT2D eigenvalue weighted by molar-refractivity contribution is 7.90. The average Bonchev–Trinajstić information content (AvgIpc) is 3.60. The van der Waals surface area contributed by atoms with Gasteiger partial charge in [-0.25, -0.2) is 21.6 Å². The summed E-state index contributed by atoms with van der Waals surface area (Å²) in [6, 6.07) is 17.1. The van der Waals surface area contributed by atoms with Crippen LogP contribution in [-0.4, -0.2) is 73.2 Å². The van der Waals surface area contributed by atoms with E-state index >= 15 is 0 Å².